The predicted octanol–water partition coefficient (Wildman–Crippen LogP) is 2.21. The van der Waals surface area contributed by atoms with E-state index in [1.165, 1.54) is 11.0 Å². The summed E-state index contributed by atoms with van der Waals surface area (Å²) in [6.07, 6.45) is -8.29. The van der Waals surface area contributed by atoms with E-state index in [2.05, 4.69) is 0 Å². The number of phenols is 1. The molecular weight excluding hydrogens is 471 g/mol. The lowest BCUT2D eigenvalue weighted by atomic mass is 9.85. The largest absolute Gasteiger partial charge is 0.508 e. The van der Waals surface area contributed by atoms with E-state index in [1.54, 1.807) is 0 Å². The Kier molecular flexibility index (Phi) is 10.1. The Morgan fingerprint density at radius 3 is 2.09 bits per heavy atom. The number of aromatic hydroxyl groups is 1. The first kappa shape index (κ1) is 27.8. The maximum Gasteiger partial charge on any atom is 0.490 e. The van der Waals surface area contributed by atoms with Gasteiger partial charge in [-0.2, -0.15) is 13.2 Å². The van der Waals surface area contributed by atoms with E-state index in [0.29, 0.717) is 25.9 Å². The fraction of sp³-hybridized carbons (Fsp3) is 0.556. The fourth-order valence-electron chi connectivity index (χ4n) is 3.05. The number of aliphatic hydroxyl groups excluding tert-OH is 2. The van der Waals surface area contributed by atoms with Crippen LogP contribution in [0.15, 0.2) is 12.1 Å². The molecule has 1 aromatic rings. The van der Waals surface area contributed by atoms with Crippen LogP contribution in [0.3, 0.4) is 0 Å². The lowest BCUT2D eigenvalue weighted by Gasteiger charge is -2.35. The van der Waals surface area contributed by atoms with Crippen LogP contribution in [-0.4, -0.2) is 69.2 Å². The third-order valence-corrected chi connectivity index (χ3v) is 5.13. The molecule has 2 unspecified atom stereocenters. The van der Waals surface area contributed by atoms with Crippen molar-refractivity contribution in [2.24, 2.45) is 11.7 Å². The molecule has 0 aromatic heterocycles. The van der Waals surface area contributed by atoms with E-state index in [4.69, 9.17) is 32.3 Å². The van der Waals surface area contributed by atoms with Crippen molar-refractivity contribution >= 4 is 23.5 Å². The van der Waals surface area contributed by atoms with Crippen molar-refractivity contribution in [2.75, 3.05) is 19.7 Å². The monoisotopic (exact) mass is 492 g/mol. The minimum absolute atomic E-state index is 0.0883. The predicted molar refractivity (Wildman–Crippen MR) is 101 cm³/mol. The first-order chi connectivity index (χ1) is 14.7. The molecule has 14 heteroatoms. The lowest BCUT2D eigenvalue weighted by molar-refractivity contribution is -0.192. The smallest absolute Gasteiger partial charge is 0.490 e. The molecule has 0 saturated carbocycles. The zero-order chi connectivity index (χ0) is 24.8. The molecule has 1 aliphatic heterocycles. The molecule has 1 aliphatic rings. The second-order valence-electron chi connectivity index (χ2n) is 6.92. The fourth-order valence-corrected chi connectivity index (χ4v) is 3.30. The number of halogens is 6. The van der Waals surface area contributed by atoms with Gasteiger partial charge in [0.1, 0.15) is 5.75 Å². The standard InChI is InChI=1S/C16H21ClF2N2O4.C2HF3O2/c17-11-5-10(12(23)6-9(11)15(18)19)14(20)8-1-3-21(4-2-8)16(25)13(24)7-22;3-2(4,5)1(6)7/h5-6,8,13-15,22-24H,1-4,7,20H2;(H,6,7). The maximum absolute atomic E-state index is 12.8. The van der Waals surface area contributed by atoms with Gasteiger partial charge < -0.3 is 31.1 Å². The number of aliphatic carboxylic acids is 1. The second-order valence-corrected chi connectivity index (χ2v) is 7.33. The summed E-state index contributed by atoms with van der Waals surface area (Å²) in [6.45, 7) is 0.0525. The molecule has 6 N–H and O–H groups in total. The van der Waals surface area contributed by atoms with Gasteiger partial charge in [-0.1, -0.05) is 11.6 Å². The number of aliphatic hydroxyl groups is 2. The molecule has 0 aliphatic carbocycles. The second kappa shape index (κ2) is 11.6. The Labute approximate surface area is 184 Å². The zero-order valence-electron chi connectivity index (χ0n) is 16.4. The average molecular weight is 493 g/mol. The van der Waals surface area contributed by atoms with Crippen LogP contribution in [0.4, 0.5) is 22.0 Å². The number of likely N-dealkylation sites (tertiary alicyclic amines) is 1. The van der Waals surface area contributed by atoms with Gasteiger partial charge in [-0.25, -0.2) is 13.6 Å². The molecule has 2 rings (SSSR count). The van der Waals surface area contributed by atoms with Crippen molar-refractivity contribution in [3.05, 3.63) is 28.3 Å². The van der Waals surface area contributed by atoms with E-state index in [1.807, 2.05) is 0 Å². The number of benzene rings is 1. The number of hydrogen-bond donors (Lipinski definition) is 5. The van der Waals surface area contributed by atoms with E-state index < -0.39 is 48.8 Å². The van der Waals surface area contributed by atoms with Gasteiger partial charge in [0, 0.05) is 30.3 Å². The Hall–Kier alpha value is -2.22. The molecule has 182 valence electrons. The minimum Gasteiger partial charge on any atom is -0.508 e. The highest BCUT2D eigenvalue weighted by atomic mass is 35.5. The first-order valence-electron chi connectivity index (χ1n) is 9.14. The SMILES string of the molecule is NC(c1cc(Cl)c(C(F)F)cc1O)C1CCN(C(=O)C(O)CO)CC1.O=C(O)C(F)(F)F. The van der Waals surface area contributed by atoms with Gasteiger partial charge in [0.05, 0.1) is 11.6 Å². The van der Waals surface area contributed by atoms with Crippen molar-refractivity contribution in [1.29, 1.82) is 0 Å². The van der Waals surface area contributed by atoms with Crippen LogP contribution in [0.25, 0.3) is 0 Å². The van der Waals surface area contributed by atoms with Gasteiger partial charge in [-0.3, -0.25) is 4.79 Å². The molecule has 1 saturated heterocycles. The molecule has 0 spiro atoms. The van der Waals surface area contributed by atoms with Crippen molar-refractivity contribution in [3.63, 3.8) is 0 Å². The number of alkyl halides is 5. The third-order valence-electron chi connectivity index (χ3n) is 4.80. The number of rotatable bonds is 5. The van der Waals surface area contributed by atoms with Crippen LogP contribution >= 0.6 is 11.6 Å². The number of nitrogens with two attached hydrogens (primary N) is 1. The van der Waals surface area contributed by atoms with Crippen molar-refractivity contribution < 1.29 is 52.0 Å². The van der Waals surface area contributed by atoms with Crippen LogP contribution < -0.4 is 5.73 Å². The molecule has 1 heterocycles. The molecular formula is C18H22ClF5N2O6. The topological polar surface area (TPSA) is 144 Å². The first-order valence-corrected chi connectivity index (χ1v) is 9.52. The van der Waals surface area contributed by atoms with Gasteiger partial charge in [-0.15, -0.1) is 0 Å². The van der Waals surface area contributed by atoms with E-state index in [9.17, 15) is 37.0 Å². The molecule has 2 atom stereocenters. The van der Waals surface area contributed by atoms with E-state index in [-0.39, 0.29) is 22.3 Å². The van der Waals surface area contributed by atoms with Crippen molar-refractivity contribution in [2.45, 2.75) is 37.6 Å². The summed E-state index contributed by atoms with van der Waals surface area (Å²) in [5.41, 5.74) is 6.01. The number of hydrogen-bond acceptors (Lipinski definition) is 6. The number of carbonyl (C=O) groups excluding carboxylic acids is 1. The Morgan fingerprint density at radius 2 is 1.69 bits per heavy atom. The number of piperidine rings is 1. The summed E-state index contributed by atoms with van der Waals surface area (Å²) in [5, 5.41) is 35.2. The number of nitrogens with zero attached hydrogens (tertiary/aromatic N) is 1. The third kappa shape index (κ3) is 7.43. The van der Waals surface area contributed by atoms with Gasteiger partial charge in [0.15, 0.2) is 6.10 Å². The highest BCUT2D eigenvalue weighted by molar-refractivity contribution is 6.31. The quantitative estimate of drug-likeness (QED) is 0.396. The highest BCUT2D eigenvalue weighted by Crippen LogP contribution is 2.38. The molecule has 1 aromatic carbocycles. The normalized spacial score (nSPS) is 16.9. The Bertz CT molecular complexity index is 803. The van der Waals surface area contributed by atoms with E-state index in [0.717, 1.165) is 6.07 Å². The molecule has 1 amide bonds. The number of carbonyl (C=O) groups is 2. The van der Waals surface area contributed by atoms with Crippen molar-refractivity contribution in [3.8, 4) is 5.75 Å². The molecule has 0 bridgehead atoms. The van der Waals surface area contributed by atoms with Crippen LogP contribution in [0.5, 0.6) is 5.75 Å². The Morgan fingerprint density at radius 1 is 1.19 bits per heavy atom. The number of carboxylic acids is 1. The van der Waals surface area contributed by atoms with Crippen LogP contribution in [0.2, 0.25) is 5.02 Å². The molecule has 32 heavy (non-hydrogen) atoms. The summed E-state index contributed by atoms with van der Waals surface area (Å²) in [7, 11) is 0. The summed E-state index contributed by atoms with van der Waals surface area (Å²) >= 11 is 5.84. The van der Waals surface area contributed by atoms with Gasteiger partial charge in [0.2, 0.25) is 0 Å². The number of amides is 1. The summed E-state index contributed by atoms with van der Waals surface area (Å²) < 4.78 is 57.3. The van der Waals surface area contributed by atoms with Gasteiger partial charge in [-0.05, 0) is 30.9 Å². The summed E-state index contributed by atoms with van der Waals surface area (Å²) in [5.74, 6) is -3.72. The lowest BCUT2D eigenvalue weighted by Crippen LogP contribution is -2.46. The average Bonchev–Trinajstić information content (AvgIpc) is 2.73. The van der Waals surface area contributed by atoms with Gasteiger partial charge >= 0.3 is 12.1 Å². The van der Waals surface area contributed by atoms with Gasteiger partial charge in [0.25, 0.3) is 12.3 Å². The Balaban J connectivity index is 0.000000633. The molecule has 8 nitrogen and oxygen atoms in total. The molecule has 1 fully saturated rings. The van der Waals surface area contributed by atoms with E-state index >= 15 is 0 Å². The zero-order valence-corrected chi connectivity index (χ0v) is 17.2. The number of carboxylic acid groups (broad SMARTS) is 1. The maximum atomic E-state index is 12.8. The number of phenolic OH excluding ortho intramolecular Hbond substituents is 1. The summed E-state index contributed by atoms with van der Waals surface area (Å²) in [4.78, 5) is 22.2. The summed E-state index contributed by atoms with van der Waals surface area (Å²) in [6, 6.07) is 1.57. The van der Waals surface area contributed by atoms with Crippen molar-refractivity contribution in [1.82, 2.24) is 4.90 Å². The minimum atomic E-state index is -5.08. The van der Waals surface area contributed by atoms with Crippen LogP contribution in [-0.2, 0) is 9.59 Å². The van der Waals surface area contributed by atoms with Crippen LogP contribution in [0, 0.1) is 5.92 Å². The highest BCUT2D eigenvalue weighted by Gasteiger charge is 2.38. The molecule has 0 radical (unpaired) electrons. The van der Waals surface area contributed by atoms with Crippen LogP contribution in [0.1, 0.15) is 36.4 Å².